The molecule has 0 saturated carbocycles. The van der Waals surface area contributed by atoms with Crippen LogP contribution in [-0.4, -0.2) is 41.1 Å². The molecule has 4 nitrogen and oxygen atoms in total. The molecule has 0 N–H and O–H groups in total. The van der Waals surface area contributed by atoms with Gasteiger partial charge >= 0.3 is 0 Å². The van der Waals surface area contributed by atoms with Crippen LogP contribution in [0.15, 0.2) is 6.07 Å². The molecule has 0 amide bonds. The van der Waals surface area contributed by atoms with E-state index < -0.39 is 0 Å². The monoisotopic (exact) mass is 255 g/mol. The second-order valence-corrected chi connectivity index (χ2v) is 4.83. The normalized spacial score (nSPS) is 25.1. The lowest BCUT2D eigenvalue weighted by Crippen LogP contribution is -2.49. The molecule has 5 heteroatoms. The van der Waals surface area contributed by atoms with Gasteiger partial charge in [0.1, 0.15) is 11.6 Å². The lowest BCUT2D eigenvalue weighted by molar-refractivity contribution is 0.0361. The van der Waals surface area contributed by atoms with E-state index in [9.17, 15) is 0 Å². The van der Waals surface area contributed by atoms with Crippen LogP contribution in [0.3, 0.4) is 0 Å². The predicted molar refractivity (Wildman–Crippen MR) is 68.8 cm³/mol. The maximum absolute atomic E-state index is 5.86. The van der Waals surface area contributed by atoms with Crippen molar-refractivity contribution in [3.8, 4) is 0 Å². The summed E-state index contributed by atoms with van der Waals surface area (Å²) < 4.78 is 5.63. The van der Waals surface area contributed by atoms with Crippen molar-refractivity contribution >= 4 is 17.4 Å². The second-order valence-electron chi connectivity index (χ2n) is 4.53. The number of hydrogen-bond acceptors (Lipinski definition) is 4. The zero-order valence-electron chi connectivity index (χ0n) is 10.5. The second kappa shape index (κ2) is 5.19. The van der Waals surface area contributed by atoms with Crippen LogP contribution in [0.2, 0.25) is 0 Å². The molecule has 1 aliphatic heterocycles. The van der Waals surface area contributed by atoms with E-state index in [2.05, 4.69) is 21.8 Å². The average Bonchev–Trinajstić information content (AvgIpc) is 2.28. The van der Waals surface area contributed by atoms with Crippen molar-refractivity contribution < 1.29 is 4.74 Å². The summed E-state index contributed by atoms with van der Waals surface area (Å²) in [5.41, 5.74) is 0.994. The summed E-state index contributed by atoms with van der Waals surface area (Å²) in [4.78, 5) is 11.0. The molecule has 1 saturated heterocycles. The highest BCUT2D eigenvalue weighted by Crippen LogP contribution is 2.20. The molecule has 0 spiro atoms. The summed E-state index contributed by atoms with van der Waals surface area (Å²) in [5.74, 6) is 2.30. The molecular weight excluding hydrogens is 238 g/mol. The molecule has 1 aromatic heterocycles. The Morgan fingerprint density at radius 3 is 2.88 bits per heavy atom. The fraction of sp³-hybridized carbons (Fsp3) is 0.667. The minimum atomic E-state index is 0.0865. The van der Waals surface area contributed by atoms with E-state index in [1.165, 1.54) is 0 Å². The minimum Gasteiger partial charge on any atom is -0.373 e. The van der Waals surface area contributed by atoms with Crippen molar-refractivity contribution in [3.05, 3.63) is 17.6 Å². The highest BCUT2D eigenvalue weighted by Gasteiger charge is 2.26. The van der Waals surface area contributed by atoms with Crippen molar-refractivity contribution in [1.82, 2.24) is 9.97 Å². The van der Waals surface area contributed by atoms with Crippen LogP contribution in [0, 0.1) is 13.8 Å². The third kappa shape index (κ3) is 2.87. The topological polar surface area (TPSA) is 38.2 Å². The van der Waals surface area contributed by atoms with Crippen LogP contribution in [0.1, 0.15) is 18.4 Å². The molecule has 2 atom stereocenters. The summed E-state index contributed by atoms with van der Waals surface area (Å²) >= 11 is 5.86. The lowest BCUT2D eigenvalue weighted by Gasteiger charge is -2.38. The first kappa shape index (κ1) is 12.6. The van der Waals surface area contributed by atoms with Gasteiger partial charge in [-0.15, -0.1) is 11.6 Å². The van der Waals surface area contributed by atoms with Crippen LogP contribution in [0.5, 0.6) is 0 Å². The molecule has 17 heavy (non-hydrogen) atoms. The smallest absolute Gasteiger partial charge is 0.132 e. The van der Waals surface area contributed by atoms with Crippen molar-refractivity contribution in [1.29, 1.82) is 0 Å². The molecule has 0 aliphatic carbocycles. The summed E-state index contributed by atoms with van der Waals surface area (Å²) in [5, 5.41) is 0. The number of alkyl halides is 1. The molecule has 2 heterocycles. The van der Waals surface area contributed by atoms with Gasteiger partial charge in [-0.2, -0.15) is 0 Å². The van der Waals surface area contributed by atoms with E-state index in [1.54, 1.807) is 0 Å². The van der Waals surface area contributed by atoms with Gasteiger partial charge < -0.3 is 9.64 Å². The number of hydrogen-bond donors (Lipinski definition) is 0. The number of nitrogens with zero attached hydrogens (tertiary/aromatic N) is 3. The van der Waals surface area contributed by atoms with Crippen LogP contribution < -0.4 is 4.90 Å². The van der Waals surface area contributed by atoms with Gasteiger partial charge in [-0.25, -0.2) is 9.97 Å². The SMILES string of the molecule is Cc1cc(N2CC(CCl)OCC2C)nc(C)n1. The molecule has 2 rings (SSSR count). The van der Waals surface area contributed by atoms with E-state index in [-0.39, 0.29) is 6.10 Å². The molecule has 1 aromatic rings. The number of halogens is 1. The zero-order chi connectivity index (χ0) is 12.4. The predicted octanol–water partition coefficient (Wildman–Crippen LogP) is 1.93. The summed E-state index contributed by atoms with van der Waals surface area (Å²) in [7, 11) is 0. The molecule has 2 unspecified atom stereocenters. The molecule has 0 aromatic carbocycles. The van der Waals surface area contributed by atoms with Crippen molar-refractivity contribution in [2.45, 2.75) is 32.9 Å². The van der Waals surface area contributed by atoms with Crippen molar-refractivity contribution in [2.24, 2.45) is 0 Å². The Kier molecular flexibility index (Phi) is 3.84. The van der Waals surface area contributed by atoms with E-state index in [0.29, 0.717) is 18.5 Å². The van der Waals surface area contributed by atoms with Gasteiger partial charge in [-0.3, -0.25) is 0 Å². The third-order valence-corrected chi connectivity index (χ3v) is 3.27. The summed E-state index contributed by atoms with van der Waals surface area (Å²) in [6.45, 7) is 7.53. The Morgan fingerprint density at radius 2 is 2.24 bits per heavy atom. The molecular formula is C12H18ClN3O. The Morgan fingerprint density at radius 1 is 1.47 bits per heavy atom. The number of rotatable bonds is 2. The third-order valence-electron chi connectivity index (χ3n) is 2.92. The average molecular weight is 256 g/mol. The lowest BCUT2D eigenvalue weighted by atomic mass is 10.2. The van der Waals surface area contributed by atoms with Crippen molar-refractivity contribution in [2.75, 3.05) is 23.9 Å². The van der Waals surface area contributed by atoms with E-state index >= 15 is 0 Å². The summed E-state index contributed by atoms with van der Waals surface area (Å²) in [6.07, 6.45) is 0.0865. The first-order valence-electron chi connectivity index (χ1n) is 5.86. The number of aromatic nitrogens is 2. The Balaban J connectivity index is 2.24. The van der Waals surface area contributed by atoms with E-state index in [0.717, 1.165) is 23.9 Å². The zero-order valence-corrected chi connectivity index (χ0v) is 11.2. The van der Waals surface area contributed by atoms with Gasteiger partial charge in [0, 0.05) is 18.3 Å². The fourth-order valence-electron chi connectivity index (χ4n) is 2.07. The fourth-order valence-corrected chi connectivity index (χ4v) is 2.26. The van der Waals surface area contributed by atoms with Gasteiger partial charge in [0.15, 0.2) is 0 Å². The van der Waals surface area contributed by atoms with Gasteiger partial charge in [-0.05, 0) is 20.8 Å². The highest BCUT2D eigenvalue weighted by molar-refractivity contribution is 6.18. The van der Waals surface area contributed by atoms with Crippen molar-refractivity contribution in [3.63, 3.8) is 0 Å². The molecule has 1 aliphatic rings. The number of aryl methyl sites for hydroxylation is 2. The Bertz CT molecular complexity index is 379. The maximum atomic E-state index is 5.86. The highest BCUT2D eigenvalue weighted by atomic mass is 35.5. The largest absolute Gasteiger partial charge is 0.373 e. The Hall–Kier alpha value is -0.870. The van der Waals surface area contributed by atoms with Crippen LogP contribution in [0.4, 0.5) is 5.82 Å². The first-order chi connectivity index (χ1) is 8.10. The molecule has 0 bridgehead atoms. The van der Waals surface area contributed by atoms with Gasteiger partial charge in [-0.1, -0.05) is 0 Å². The first-order valence-corrected chi connectivity index (χ1v) is 6.40. The van der Waals surface area contributed by atoms with E-state index in [1.807, 2.05) is 19.9 Å². The van der Waals surface area contributed by atoms with E-state index in [4.69, 9.17) is 16.3 Å². The van der Waals surface area contributed by atoms with Crippen LogP contribution in [0.25, 0.3) is 0 Å². The molecule has 94 valence electrons. The quantitative estimate of drug-likeness (QED) is 0.757. The number of morpholine rings is 1. The van der Waals surface area contributed by atoms with Gasteiger partial charge in [0.2, 0.25) is 0 Å². The number of ether oxygens (including phenoxy) is 1. The standard InChI is InChI=1S/C12H18ClN3O/c1-8-4-12(15-10(3)14-8)16-6-11(5-13)17-7-9(16)2/h4,9,11H,5-7H2,1-3H3. The summed E-state index contributed by atoms with van der Waals surface area (Å²) in [6, 6.07) is 2.34. The molecule has 0 radical (unpaired) electrons. The minimum absolute atomic E-state index is 0.0865. The van der Waals surface area contributed by atoms with Gasteiger partial charge in [0.25, 0.3) is 0 Å². The molecule has 1 fully saturated rings. The van der Waals surface area contributed by atoms with Crippen LogP contribution >= 0.6 is 11.6 Å². The maximum Gasteiger partial charge on any atom is 0.132 e. The van der Waals surface area contributed by atoms with Crippen LogP contribution in [-0.2, 0) is 4.74 Å². The number of anilines is 1. The van der Waals surface area contributed by atoms with Gasteiger partial charge in [0.05, 0.1) is 24.6 Å². The Labute approximate surface area is 107 Å².